The number of anilines is 2. The SMILES string of the molecule is Nc1ccnc2c1ncn2[C@@H]1O[C@@H]2COP(=O)(O)COC3[C@@H](O)[C@H](n4cnc5c(N)ncnc54)O[C@@H]3COP(=O)(O)COC2[C@H]1O. The van der Waals surface area contributed by atoms with Gasteiger partial charge in [-0.05, 0) is 6.07 Å². The van der Waals surface area contributed by atoms with E-state index in [0.717, 1.165) is 0 Å². The van der Waals surface area contributed by atoms with Crippen LogP contribution in [0.4, 0.5) is 11.5 Å². The third-order valence-electron chi connectivity index (χ3n) is 7.79. The summed E-state index contributed by atoms with van der Waals surface area (Å²) in [5.41, 5.74) is 13.2. The number of rotatable bonds is 2. The number of aliphatic hydroxyl groups excluding tert-OH is 2. The summed E-state index contributed by atoms with van der Waals surface area (Å²) in [6.07, 6.45) is -7.10. The number of imidazole rings is 2. The summed E-state index contributed by atoms with van der Waals surface area (Å²) >= 11 is 0. The molecular formula is C23H29N9O12P2. The molecule has 3 fully saturated rings. The molecule has 46 heavy (non-hydrogen) atoms. The van der Waals surface area contributed by atoms with Crippen LogP contribution in [0.1, 0.15) is 12.5 Å². The van der Waals surface area contributed by atoms with Crippen molar-refractivity contribution in [1.82, 2.24) is 34.1 Å². The smallest absolute Gasteiger partial charge is 0.353 e. The molecule has 8 N–H and O–H groups in total. The van der Waals surface area contributed by atoms with E-state index >= 15 is 0 Å². The summed E-state index contributed by atoms with van der Waals surface area (Å²) in [5, 5.41) is 22.4. The van der Waals surface area contributed by atoms with Gasteiger partial charge in [-0.15, -0.1) is 0 Å². The van der Waals surface area contributed by atoms with E-state index in [-0.39, 0.29) is 22.6 Å². The Morgan fingerprint density at radius 1 is 0.761 bits per heavy atom. The molecular weight excluding hydrogens is 656 g/mol. The number of nitrogens with zero attached hydrogens (tertiary/aromatic N) is 7. The standard InChI is InChI=1S/C23H29N9O12P2/c24-10-1-2-26-20-13(10)29-6-31(20)22-15(33)17-11(43-22)3-41-46(37,38)9-40-18-12(4-42-45(35,36)8-39-17)44-23(16(18)34)32-7-30-14-19(25)27-5-28-21(14)32/h1-2,5-7,11-12,15-18,22-23,33-34H,3-4,8-9H2,(H2,24,26)(H,35,36)(H,37,38)(H2,25,27,28)/t11-,12-,15-,16-,17?,18?,22-,23-/m1/s1. The number of aromatic nitrogens is 7. The molecule has 0 radical (unpaired) electrons. The van der Waals surface area contributed by atoms with Gasteiger partial charge in [-0.2, -0.15) is 0 Å². The highest BCUT2D eigenvalue weighted by Gasteiger charge is 2.50. The fourth-order valence-corrected chi connectivity index (χ4v) is 7.22. The topological polar surface area (TPSA) is 297 Å². The van der Waals surface area contributed by atoms with Crippen molar-refractivity contribution in [3.63, 3.8) is 0 Å². The lowest BCUT2D eigenvalue weighted by atomic mass is 10.1. The number of hydrogen-bond acceptors (Lipinski definition) is 17. The first kappa shape index (κ1) is 31.4. The van der Waals surface area contributed by atoms with Gasteiger partial charge in [0, 0.05) is 6.20 Å². The minimum atomic E-state index is -4.54. The summed E-state index contributed by atoms with van der Waals surface area (Å²) in [5.74, 6) is 0.0824. The predicted molar refractivity (Wildman–Crippen MR) is 153 cm³/mol. The normalized spacial score (nSPS) is 37.7. The van der Waals surface area contributed by atoms with Gasteiger partial charge >= 0.3 is 15.2 Å². The number of nitrogen functional groups attached to an aromatic ring is 2. The van der Waals surface area contributed by atoms with E-state index in [4.69, 9.17) is 39.5 Å². The van der Waals surface area contributed by atoms with Crippen LogP contribution in [0.25, 0.3) is 22.3 Å². The Balaban J connectivity index is 1.13. The quantitative estimate of drug-likeness (QED) is 0.139. The molecule has 7 rings (SSSR count). The number of hydrogen-bond donors (Lipinski definition) is 6. The van der Waals surface area contributed by atoms with Crippen LogP contribution in [0.3, 0.4) is 0 Å². The fourth-order valence-electron chi connectivity index (χ4n) is 5.59. The van der Waals surface area contributed by atoms with Gasteiger partial charge < -0.3 is 59.5 Å². The summed E-state index contributed by atoms with van der Waals surface area (Å²) in [6.45, 7) is -1.22. The summed E-state index contributed by atoms with van der Waals surface area (Å²) in [6, 6.07) is 1.55. The molecule has 0 aliphatic carbocycles. The Bertz CT molecular complexity index is 1730. The largest absolute Gasteiger partial charge is 0.397 e. The molecule has 23 heteroatoms. The first-order valence-electron chi connectivity index (χ1n) is 13.8. The van der Waals surface area contributed by atoms with Gasteiger partial charge in [-0.25, -0.2) is 24.9 Å². The van der Waals surface area contributed by atoms with Crippen LogP contribution in [0.5, 0.6) is 0 Å². The van der Waals surface area contributed by atoms with Crippen molar-refractivity contribution >= 4 is 49.0 Å². The average Bonchev–Trinajstić information content (AvgIpc) is 3.77. The minimum absolute atomic E-state index is 0.0824. The molecule has 248 valence electrons. The van der Waals surface area contributed by atoms with Crippen molar-refractivity contribution in [2.24, 2.45) is 0 Å². The van der Waals surface area contributed by atoms with Crippen LogP contribution in [-0.4, -0.2) is 117 Å². The number of aliphatic hydroxyl groups is 2. The lowest BCUT2D eigenvalue weighted by molar-refractivity contribution is -0.0655. The monoisotopic (exact) mass is 685 g/mol. The highest BCUT2D eigenvalue weighted by Crippen LogP contribution is 2.48. The van der Waals surface area contributed by atoms with Gasteiger partial charge in [0.1, 0.15) is 66.7 Å². The molecule has 10 atom stereocenters. The van der Waals surface area contributed by atoms with E-state index in [1.54, 1.807) is 6.07 Å². The lowest BCUT2D eigenvalue weighted by Crippen LogP contribution is -2.38. The molecule has 0 saturated carbocycles. The summed E-state index contributed by atoms with van der Waals surface area (Å²) < 4.78 is 62.6. The second kappa shape index (κ2) is 11.8. The zero-order chi connectivity index (χ0) is 32.4. The van der Waals surface area contributed by atoms with Crippen molar-refractivity contribution in [2.45, 2.75) is 49.1 Å². The first-order chi connectivity index (χ1) is 21.9. The molecule has 3 aliphatic rings. The molecule has 21 nitrogen and oxygen atoms in total. The van der Waals surface area contributed by atoms with E-state index in [2.05, 4.69) is 24.9 Å². The molecule has 4 aromatic heterocycles. The van der Waals surface area contributed by atoms with E-state index in [0.29, 0.717) is 11.2 Å². The van der Waals surface area contributed by atoms with Crippen LogP contribution < -0.4 is 11.5 Å². The highest BCUT2D eigenvalue weighted by molar-refractivity contribution is 7.52. The summed E-state index contributed by atoms with van der Waals surface area (Å²) in [4.78, 5) is 41.8. The Hall–Kier alpha value is -3.17. The average molecular weight is 685 g/mol. The van der Waals surface area contributed by atoms with Crippen LogP contribution in [0, 0.1) is 0 Å². The van der Waals surface area contributed by atoms with Gasteiger partial charge in [0.15, 0.2) is 29.6 Å². The van der Waals surface area contributed by atoms with Crippen LogP contribution in [-0.2, 0) is 37.1 Å². The van der Waals surface area contributed by atoms with Gasteiger partial charge in [0.2, 0.25) is 0 Å². The molecule has 4 unspecified atom stereocenters. The van der Waals surface area contributed by atoms with Gasteiger partial charge in [0.05, 0.1) is 31.6 Å². The Labute approximate surface area is 258 Å². The van der Waals surface area contributed by atoms with Crippen LogP contribution >= 0.6 is 15.2 Å². The third kappa shape index (κ3) is 5.68. The number of nitrogens with two attached hydrogens (primary N) is 2. The third-order valence-corrected chi connectivity index (χ3v) is 9.84. The van der Waals surface area contributed by atoms with E-state index in [9.17, 15) is 29.1 Å². The second-order valence-electron chi connectivity index (χ2n) is 10.8. The van der Waals surface area contributed by atoms with Crippen molar-refractivity contribution in [2.75, 3.05) is 37.4 Å². The predicted octanol–water partition coefficient (Wildman–Crippen LogP) is -0.945. The lowest BCUT2D eigenvalue weighted by Gasteiger charge is -2.26. The molecule has 0 bridgehead atoms. The summed E-state index contributed by atoms with van der Waals surface area (Å²) in [7, 11) is -9.08. The maximum absolute atomic E-state index is 13.1. The molecule has 7 heterocycles. The van der Waals surface area contributed by atoms with Crippen LogP contribution in [0.2, 0.25) is 0 Å². The second-order valence-corrected chi connectivity index (χ2v) is 14.4. The zero-order valence-electron chi connectivity index (χ0n) is 23.6. The molecule has 0 aromatic carbocycles. The van der Waals surface area contributed by atoms with Crippen molar-refractivity contribution < 1.29 is 57.1 Å². The first-order valence-corrected chi connectivity index (χ1v) is 17.3. The maximum atomic E-state index is 13.1. The maximum Gasteiger partial charge on any atom is 0.353 e. The zero-order valence-corrected chi connectivity index (χ0v) is 25.4. The van der Waals surface area contributed by atoms with Crippen molar-refractivity contribution in [3.05, 3.63) is 31.2 Å². The van der Waals surface area contributed by atoms with Gasteiger partial charge in [0.25, 0.3) is 0 Å². The fraction of sp³-hybridized carbons (Fsp3) is 0.522. The van der Waals surface area contributed by atoms with Gasteiger partial charge in [-0.1, -0.05) is 0 Å². The van der Waals surface area contributed by atoms with E-state index in [1.807, 2.05) is 0 Å². The van der Waals surface area contributed by atoms with Gasteiger partial charge in [-0.3, -0.25) is 18.3 Å². The number of ether oxygens (including phenoxy) is 4. The molecule has 3 saturated heterocycles. The number of fused-ring (bicyclic) bond motifs is 4. The Kier molecular flexibility index (Phi) is 8.07. The Morgan fingerprint density at radius 3 is 1.85 bits per heavy atom. The molecule has 3 aliphatic heterocycles. The van der Waals surface area contributed by atoms with Crippen molar-refractivity contribution in [3.8, 4) is 0 Å². The Morgan fingerprint density at radius 2 is 1.28 bits per heavy atom. The van der Waals surface area contributed by atoms with E-state index < -0.39 is 90.2 Å². The minimum Gasteiger partial charge on any atom is -0.397 e. The molecule has 4 aromatic rings. The van der Waals surface area contributed by atoms with E-state index in [1.165, 1.54) is 34.3 Å². The molecule has 0 amide bonds. The highest BCUT2D eigenvalue weighted by atomic mass is 31.2. The molecule has 0 spiro atoms. The van der Waals surface area contributed by atoms with Crippen LogP contribution in [0.15, 0.2) is 31.2 Å². The van der Waals surface area contributed by atoms with Crippen molar-refractivity contribution in [1.29, 1.82) is 0 Å². The number of pyridine rings is 1.